The average molecular weight is 574 g/mol. The van der Waals surface area contributed by atoms with Gasteiger partial charge in [0.25, 0.3) is 0 Å². The molecule has 1 fully saturated rings. The van der Waals surface area contributed by atoms with E-state index in [0.717, 1.165) is 34.1 Å². The van der Waals surface area contributed by atoms with Crippen LogP contribution in [0, 0.1) is 20.8 Å². The number of pyridine rings is 1. The molecule has 3 heterocycles. The van der Waals surface area contributed by atoms with Crippen LogP contribution >= 0.6 is 12.2 Å². The molecule has 0 radical (unpaired) electrons. The molecular weight excluding hydrogens is 538 g/mol. The molecule has 6 nitrogen and oxygen atoms in total. The van der Waals surface area contributed by atoms with E-state index in [4.69, 9.17) is 21.9 Å². The maximum absolute atomic E-state index is 6.18. The lowest BCUT2D eigenvalue weighted by Crippen LogP contribution is -2.29. The van der Waals surface area contributed by atoms with Crippen LogP contribution < -0.4 is 19.9 Å². The molecule has 5 aromatic rings. The van der Waals surface area contributed by atoms with E-state index in [1.54, 1.807) is 0 Å². The Hall–Kier alpha value is -4.62. The highest BCUT2D eigenvalue weighted by Gasteiger charge is 2.42. The van der Waals surface area contributed by atoms with E-state index in [9.17, 15) is 0 Å². The minimum absolute atomic E-state index is 0.100. The van der Waals surface area contributed by atoms with Gasteiger partial charge >= 0.3 is 0 Å². The summed E-state index contributed by atoms with van der Waals surface area (Å²) in [5.41, 5.74) is 8.88. The highest BCUT2D eigenvalue weighted by atomic mass is 32.1. The van der Waals surface area contributed by atoms with E-state index in [1.165, 1.54) is 22.6 Å². The highest BCUT2D eigenvalue weighted by molar-refractivity contribution is 7.80. The summed E-state index contributed by atoms with van der Waals surface area (Å²) < 4.78 is 8.50. The molecule has 0 saturated carbocycles. The second kappa shape index (κ2) is 11.3. The monoisotopic (exact) mass is 573 g/mol. The number of rotatable bonds is 7. The van der Waals surface area contributed by atoms with Crippen molar-refractivity contribution in [1.82, 2.24) is 14.9 Å². The first-order valence-electron chi connectivity index (χ1n) is 14.1. The maximum Gasteiger partial charge on any atom is 0.174 e. The number of aromatic nitrogens is 2. The molecule has 7 heteroatoms. The maximum atomic E-state index is 6.18. The number of ether oxygens (including phenoxy) is 1. The number of nitrogens with one attached hydrogen (secondary N) is 1. The van der Waals surface area contributed by atoms with Gasteiger partial charge in [0, 0.05) is 48.7 Å². The van der Waals surface area contributed by atoms with Crippen LogP contribution in [0.1, 0.15) is 40.3 Å². The van der Waals surface area contributed by atoms with E-state index in [0.29, 0.717) is 5.11 Å². The first kappa shape index (κ1) is 27.5. The first-order valence-corrected chi connectivity index (χ1v) is 14.5. The number of thiocarbonyl (C=S) groups is 1. The van der Waals surface area contributed by atoms with Gasteiger partial charge in [-0.15, -0.1) is 0 Å². The standard InChI is InChI=1S/C35H35N5OS/c1-23-10-6-7-12-32(23)41-29-19-17-28(18-20-29)40-34(33(37-35(40)42)31-11-8-9-21-36-31)30-22-24(2)39(25(30)3)27-15-13-26(14-16-27)38(4)5/h6-22,33-34H,1-5H3,(H,37,42)/t33-,34+/m1/s1. The molecule has 2 aromatic heterocycles. The molecular formula is C35H35N5OS. The lowest BCUT2D eigenvalue weighted by atomic mass is 9.96. The molecule has 0 bridgehead atoms. The van der Waals surface area contributed by atoms with Crippen molar-refractivity contribution < 1.29 is 4.74 Å². The molecule has 0 unspecified atom stereocenters. The van der Waals surface area contributed by atoms with E-state index in [1.807, 2.05) is 61.7 Å². The summed E-state index contributed by atoms with van der Waals surface area (Å²) in [5, 5.41) is 4.26. The highest BCUT2D eigenvalue weighted by Crippen LogP contribution is 2.44. The molecule has 3 aromatic carbocycles. The fraction of sp³-hybridized carbons (Fsp3) is 0.200. The minimum Gasteiger partial charge on any atom is -0.457 e. The smallest absolute Gasteiger partial charge is 0.174 e. The number of anilines is 2. The summed E-state index contributed by atoms with van der Waals surface area (Å²) in [6.07, 6.45) is 1.84. The van der Waals surface area contributed by atoms with Gasteiger partial charge in [0.2, 0.25) is 0 Å². The molecule has 212 valence electrons. The van der Waals surface area contributed by atoms with Gasteiger partial charge in [0.1, 0.15) is 11.5 Å². The van der Waals surface area contributed by atoms with Crippen molar-refractivity contribution in [3.8, 4) is 17.2 Å². The van der Waals surface area contributed by atoms with Crippen molar-refractivity contribution in [3.05, 3.63) is 131 Å². The van der Waals surface area contributed by atoms with E-state index in [-0.39, 0.29) is 12.1 Å². The average Bonchev–Trinajstić information content (AvgIpc) is 3.49. The number of aryl methyl sites for hydroxylation is 2. The first-order chi connectivity index (χ1) is 20.3. The molecule has 2 atom stereocenters. The topological polar surface area (TPSA) is 45.6 Å². The van der Waals surface area contributed by atoms with Crippen LogP contribution in [-0.4, -0.2) is 28.8 Å². The molecule has 42 heavy (non-hydrogen) atoms. The molecule has 1 aliphatic heterocycles. The molecule has 1 N–H and O–H groups in total. The van der Waals surface area contributed by atoms with Crippen LogP contribution in [0.2, 0.25) is 0 Å². The molecule has 1 aliphatic rings. The molecule has 1 saturated heterocycles. The van der Waals surface area contributed by atoms with Crippen LogP contribution in [-0.2, 0) is 0 Å². The van der Waals surface area contributed by atoms with Crippen molar-refractivity contribution >= 4 is 28.7 Å². The molecule has 0 amide bonds. The number of nitrogens with zero attached hydrogens (tertiary/aromatic N) is 4. The van der Waals surface area contributed by atoms with Gasteiger partial charge in [0.05, 0.1) is 17.8 Å². The Kier molecular flexibility index (Phi) is 7.43. The molecule has 0 spiro atoms. The number of hydrogen-bond donors (Lipinski definition) is 1. The van der Waals surface area contributed by atoms with Crippen LogP contribution in [0.15, 0.2) is 103 Å². The molecule has 6 rings (SSSR count). The summed E-state index contributed by atoms with van der Waals surface area (Å²) in [4.78, 5) is 9.06. The van der Waals surface area contributed by atoms with E-state index in [2.05, 4.69) is 96.2 Å². The van der Waals surface area contributed by atoms with Gasteiger partial charge in [-0.3, -0.25) is 4.98 Å². The van der Waals surface area contributed by atoms with Gasteiger partial charge in [-0.2, -0.15) is 0 Å². The summed E-state index contributed by atoms with van der Waals surface area (Å²) in [5.74, 6) is 1.63. The Morgan fingerprint density at radius 2 is 1.52 bits per heavy atom. The van der Waals surface area contributed by atoms with Crippen molar-refractivity contribution in [2.75, 3.05) is 23.9 Å². The van der Waals surface area contributed by atoms with Gasteiger partial charge in [0.15, 0.2) is 5.11 Å². The lowest BCUT2D eigenvalue weighted by Gasteiger charge is -2.28. The summed E-state index contributed by atoms with van der Waals surface area (Å²) >= 11 is 5.99. The quantitative estimate of drug-likeness (QED) is 0.200. The third kappa shape index (κ3) is 5.12. The number of hydrogen-bond acceptors (Lipinski definition) is 4. The third-order valence-corrected chi connectivity index (χ3v) is 8.26. The zero-order chi connectivity index (χ0) is 29.4. The number of benzene rings is 3. The van der Waals surface area contributed by atoms with Crippen molar-refractivity contribution in [3.63, 3.8) is 0 Å². The van der Waals surface area contributed by atoms with Gasteiger partial charge in [-0.25, -0.2) is 0 Å². The van der Waals surface area contributed by atoms with E-state index >= 15 is 0 Å². The molecule has 0 aliphatic carbocycles. The van der Waals surface area contributed by atoms with Gasteiger partial charge < -0.3 is 24.4 Å². The van der Waals surface area contributed by atoms with Gasteiger partial charge in [-0.05, 0) is 117 Å². The minimum atomic E-state index is -0.119. The normalized spacial score (nSPS) is 16.4. The number of para-hydroxylation sites is 1. The lowest BCUT2D eigenvalue weighted by molar-refractivity contribution is 0.479. The van der Waals surface area contributed by atoms with Crippen molar-refractivity contribution in [2.24, 2.45) is 0 Å². The second-order valence-electron chi connectivity index (χ2n) is 10.9. The fourth-order valence-corrected chi connectivity index (χ4v) is 6.15. The zero-order valence-electron chi connectivity index (χ0n) is 24.6. The van der Waals surface area contributed by atoms with Crippen LogP contribution in [0.5, 0.6) is 11.5 Å². The van der Waals surface area contributed by atoms with Crippen LogP contribution in [0.4, 0.5) is 11.4 Å². The van der Waals surface area contributed by atoms with Crippen LogP contribution in [0.25, 0.3) is 5.69 Å². The van der Waals surface area contributed by atoms with E-state index < -0.39 is 0 Å². The zero-order valence-corrected chi connectivity index (χ0v) is 25.4. The van der Waals surface area contributed by atoms with Crippen molar-refractivity contribution in [2.45, 2.75) is 32.9 Å². The largest absolute Gasteiger partial charge is 0.457 e. The SMILES string of the molecule is Cc1ccccc1Oc1ccc(N2C(=S)N[C@H](c3ccccn3)[C@@H]2c2cc(C)n(-c3ccc(N(C)C)cc3)c2C)cc1. The second-order valence-corrected chi connectivity index (χ2v) is 11.3. The Balaban J connectivity index is 1.40. The summed E-state index contributed by atoms with van der Waals surface area (Å²) in [6, 6.07) is 33.0. The Morgan fingerprint density at radius 3 is 2.19 bits per heavy atom. The predicted octanol–water partition coefficient (Wildman–Crippen LogP) is 7.83. The van der Waals surface area contributed by atoms with Crippen LogP contribution in [0.3, 0.4) is 0 Å². The van der Waals surface area contributed by atoms with Crippen molar-refractivity contribution in [1.29, 1.82) is 0 Å². The summed E-state index contributed by atoms with van der Waals surface area (Å²) in [6.45, 7) is 6.40. The van der Waals surface area contributed by atoms with Gasteiger partial charge in [-0.1, -0.05) is 24.3 Å². The fourth-order valence-electron chi connectivity index (χ4n) is 5.81. The summed E-state index contributed by atoms with van der Waals surface area (Å²) in [7, 11) is 4.12. The Morgan fingerprint density at radius 1 is 0.833 bits per heavy atom. The Labute approximate surface area is 253 Å². The third-order valence-electron chi connectivity index (χ3n) is 7.95. The Bertz CT molecular complexity index is 1710. The predicted molar refractivity (Wildman–Crippen MR) is 175 cm³/mol.